The van der Waals surface area contributed by atoms with Crippen molar-refractivity contribution in [2.45, 2.75) is 31.7 Å². The molecule has 1 atom stereocenters. The maximum Gasteiger partial charge on any atom is 0.227 e. The molecule has 0 radical (unpaired) electrons. The molecule has 2 aliphatic heterocycles. The number of amides is 1. The molecule has 25 heavy (non-hydrogen) atoms. The summed E-state index contributed by atoms with van der Waals surface area (Å²) in [5.74, 6) is 1.10. The molecule has 5 nitrogen and oxygen atoms in total. The summed E-state index contributed by atoms with van der Waals surface area (Å²) in [4.78, 5) is 23.6. The van der Waals surface area contributed by atoms with Crippen LogP contribution in [0.1, 0.15) is 35.0 Å². The Morgan fingerprint density at radius 3 is 2.92 bits per heavy atom. The van der Waals surface area contributed by atoms with Crippen LogP contribution in [-0.2, 0) is 24.2 Å². The summed E-state index contributed by atoms with van der Waals surface area (Å²) in [6, 6.07) is 6.11. The number of hydrogen-bond acceptors (Lipinski definition) is 4. The molecule has 6 heteroatoms. The fourth-order valence-electron chi connectivity index (χ4n) is 3.50. The number of nitrogens with zero attached hydrogens (tertiary/aromatic N) is 3. The van der Waals surface area contributed by atoms with Gasteiger partial charge in [-0.05, 0) is 30.7 Å². The second-order valence-corrected chi connectivity index (χ2v) is 6.76. The van der Waals surface area contributed by atoms with Gasteiger partial charge in [0.25, 0.3) is 0 Å². The van der Waals surface area contributed by atoms with Crippen LogP contribution in [0.5, 0.6) is 0 Å². The SMILES string of the molecule is O=C(Cc1ccc(F)cc1)N1CCc2nc(C3CCNC3)ncc2C1. The minimum atomic E-state index is -0.284. The van der Waals surface area contributed by atoms with Gasteiger partial charge in [0.1, 0.15) is 11.6 Å². The third-order valence-electron chi connectivity index (χ3n) is 5.00. The van der Waals surface area contributed by atoms with E-state index in [2.05, 4.69) is 10.3 Å². The second kappa shape index (κ2) is 6.88. The summed E-state index contributed by atoms with van der Waals surface area (Å²) in [5.41, 5.74) is 2.94. The van der Waals surface area contributed by atoms with Gasteiger partial charge in [-0.2, -0.15) is 0 Å². The fourth-order valence-corrected chi connectivity index (χ4v) is 3.50. The molecule has 0 aliphatic carbocycles. The molecule has 1 fully saturated rings. The Kier molecular flexibility index (Phi) is 4.44. The molecule has 1 aromatic heterocycles. The quantitative estimate of drug-likeness (QED) is 0.926. The molecule has 1 amide bonds. The van der Waals surface area contributed by atoms with E-state index in [0.29, 0.717) is 25.4 Å². The number of fused-ring (bicyclic) bond motifs is 1. The van der Waals surface area contributed by atoms with Crippen molar-refractivity contribution in [1.29, 1.82) is 0 Å². The topological polar surface area (TPSA) is 58.1 Å². The number of nitrogens with one attached hydrogen (secondary N) is 1. The van der Waals surface area contributed by atoms with Crippen LogP contribution in [0.15, 0.2) is 30.5 Å². The van der Waals surface area contributed by atoms with Crippen LogP contribution in [-0.4, -0.2) is 40.4 Å². The highest BCUT2D eigenvalue weighted by molar-refractivity contribution is 5.79. The molecule has 2 aromatic rings. The molecular weight excluding hydrogens is 319 g/mol. The van der Waals surface area contributed by atoms with Gasteiger partial charge < -0.3 is 10.2 Å². The first-order valence-corrected chi connectivity index (χ1v) is 8.76. The van der Waals surface area contributed by atoms with Gasteiger partial charge in [-0.25, -0.2) is 14.4 Å². The Morgan fingerprint density at radius 1 is 1.32 bits per heavy atom. The average Bonchev–Trinajstić information content (AvgIpc) is 3.17. The van der Waals surface area contributed by atoms with Gasteiger partial charge in [-0.15, -0.1) is 0 Å². The lowest BCUT2D eigenvalue weighted by molar-refractivity contribution is -0.131. The highest BCUT2D eigenvalue weighted by Gasteiger charge is 2.25. The maximum atomic E-state index is 13.0. The summed E-state index contributed by atoms with van der Waals surface area (Å²) in [6.07, 6.45) is 4.02. The largest absolute Gasteiger partial charge is 0.338 e. The lowest BCUT2D eigenvalue weighted by atomic mass is 10.0. The Morgan fingerprint density at radius 2 is 2.16 bits per heavy atom. The fraction of sp³-hybridized carbons (Fsp3) is 0.421. The van der Waals surface area contributed by atoms with Crippen molar-refractivity contribution in [1.82, 2.24) is 20.2 Å². The molecular formula is C19H21FN4O. The van der Waals surface area contributed by atoms with Crippen LogP contribution in [0.4, 0.5) is 4.39 Å². The van der Waals surface area contributed by atoms with Gasteiger partial charge in [0.15, 0.2) is 0 Å². The minimum absolute atomic E-state index is 0.0568. The third-order valence-corrected chi connectivity index (χ3v) is 5.00. The first kappa shape index (κ1) is 16.1. The van der Waals surface area contributed by atoms with Gasteiger partial charge in [0.2, 0.25) is 5.91 Å². The molecule has 0 spiro atoms. The zero-order valence-corrected chi connectivity index (χ0v) is 14.0. The van der Waals surface area contributed by atoms with Crippen LogP contribution >= 0.6 is 0 Å². The number of benzene rings is 1. The van der Waals surface area contributed by atoms with Crippen LogP contribution in [0.25, 0.3) is 0 Å². The molecule has 4 rings (SSSR count). The highest BCUT2D eigenvalue weighted by Crippen LogP contribution is 2.23. The first-order valence-electron chi connectivity index (χ1n) is 8.76. The molecule has 0 saturated carbocycles. The van der Waals surface area contributed by atoms with Crippen LogP contribution in [0.3, 0.4) is 0 Å². The summed E-state index contributed by atoms with van der Waals surface area (Å²) < 4.78 is 13.0. The Labute approximate surface area is 146 Å². The summed E-state index contributed by atoms with van der Waals surface area (Å²) in [5, 5.41) is 3.34. The number of hydrogen-bond donors (Lipinski definition) is 1. The predicted molar refractivity (Wildman–Crippen MR) is 91.5 cm³/mol. The molecule has 130 valence electrons. The van der Waals surface area contributed by atoms with Crippen molar-refractivity contribution in [3.05, 3.63) is 58.9 Å². The molecule has 2 aliphatic rings. The monoisotopic (exact) mass is 340 g/mol. The second-order valence-electron chi connectivity index (χ2n) is 6.76. The lowest BCUT2D eigenvalue weighted by Gasteiger charge is -2.28. The van der Waals surface area contributed by atoms with Crippen molar-refractivity contribution in [2.24, 2.45) is 0 Å². The smallest absolute Gasteiger partial charge is 0.227 e. The van der Waals surface area contributed by atoms with E-state index in [1.807, 2.05) is 11.1 Å². The number of aromatic nitrogens is 2. The van der Waals surface area contributed by atoms with E-state index in [-0.39, 0.29) is 11.7 Å². The van der Waals surface area contributed by atoms with Gasteiger partial charge in [-0.3, -0.25) is 4.79 Å². The van der Waals surface area contributed by atoms with Gasteiger partial charge in [0, 0.05) is 43.7 Å². The third kappa shape index (κ3) is 3.54. The summed E-state index contributed by atoms with van der Waals surface area (Å²) in [6.45, 7) is 3.20. The van der Waals surface area contributed by atoms with Crippen LogP contribution < -0.4 is 5.32 Å². The van der Waals surface area contributed by atoms with Gasteiger partial charge in [-0.1, -0.05) is 12.1 Å². The van der Waals surface area contributed by atoms with Crippen molar-refractivity contribution in [3.63, 3.8) is 0 Å². The Bertz CT molecular complexity index is 771. The van der Waals surface area contributed by atoms with Crippen molar-refractivity contribution < 1.29 is 9.18 Å². The Hall–Kier alpha value is -2.34. The van der Waals surface area contributed by atoms with E-state index >= 15 is 0 Å². The van der Waals surface area contributed by atoms with E-state index in [9.17, 15) is 9.18 Å². The number of rotatable bonds is 3. The number of carbonyl (C=O) groups excluding carboxylic acids is 1. The normalized spacial score (nSPS) is 19.7. The number of carbonyl (C=O) groups is 1. The van der Waals surface area contributed by atoms with Crippen molar-refractivity contribution in [2.75, 3.05) is 19.6 Å². The molecule has 1 aromatic carbocycles. The summed E-state index contributed by atoms with van der Waals surface area (Å²) in [7, 11) is 0. The Balaban J connectivity index is 1.43. The number of halogens is 1. The van der Waals surface area contributed by atoms with Gasteiger partial charge in [0.05, 0.1) is 12.1 Å². The molecule has 1 unspecified atom stereocenters. The molecule has 3 heterocycles. The average molecular weight is 340 g/mol. The zero-order valence-electron chi connectivity index (χ0n) is 14.0. The van der Waals surface area contributed by atoms with Gasteiger partial charge >= 0.3 is 0 Å². The van der Waals surface area contributed by atoms with E-state index in [4.69, 9.17) is 4.98 Å². The van der Waals surface area contributed by atoms with Crippen LogP contribution in [0.2, 0.25) is 0 Å². The summed E-state index contributed by atoms with van der Waals surface area (Å²) >= 11 is 0. The standard InChI is InChI=1S/C19H21FN4O/c20-16-3-1-13(2-4-16)9-18(25)24-8-6-17-15(12-24)11-22-19(23-17)14-5-7-21-10-14/h1-4,11,14,21H,5-10,12H2. The molecule has 1 N–H and O–H groups in total. The van der Waals surface area contributed by atoms with E-state index in [1.54, 1.807) is 12.1 Å². The maximum absolute atomic E-state index is 13.0. The molecule has 0 bridgehead atoms. The molecule has 1 saturated heterocycles. The van der Waals surface area contributed by atoms with Crippen molar-refractivity contribution >= 4 is 5.91 Å². The zero-order chi connectivity index (χ0) is 17.2. The van der Waals surface area contributed by atoms with E-state index in [0.717, 1.165) is 48.6 Å². The van der Waals surface area contributed by atoms with E-state index in [1.165, 1.54) is 12.1 Å². The van der Waals surface area contributed by atoms with Crippen molar-refractivity contribution in [3.8, 4) is 0 Å². The first-order chi connectivity index (χ1) is 12.2. The predicted octanol–water partition coefficient (Wildman–Crippen LogP) is 1.82. The van der Waals surface area contributed by atoms with E-state index < -0.39 is 0 Å². The van der Waals surface area contributed by atoms with Crippen LogP contribution in [0, 0.1) is 5.82 Å². The lowest BCUT2D eigenvalue weighted by Crippen LogP contribution is -2.37. The highest BCUT2D eigenvalue weighted by atomic mass is 19.1. The minimum Gasteiger partial charge on any atom is -0.338 e.